The van der Waals surface area contributed by atoms with Crippen molar-refractivity contribution in [2.45, 2.75) is 76.3 Å². The molecule has 3 unspecified atom stereocenters. The Labute approximate surface area is 113 Å². The molecule has 3 fully saturated rings. The van der Waals surface area contributed by atoms with E-state index in [0.717, 1.165) is 12.0 Å². The third kappa shape index (κ3) is 2.46. The van der Waals surface area contributed by atoms with Crippen LogP contribution in [0.1, 0.15) is 64.7 Å². The molecule has 3 aliphatic rings. The molecule has 0 aromatic rings. The Morgan fingerprint density at radius 1 is 1.11 bits per heavy atom. The third-order valence-corrected chi connectivity index (χ3v) is 5.87. The molecule has 0 amide bonds. The molecule has 104 valence electrons. The van der Waals surface area contributed by atoms with Gasteiger partial charge in [0.15, 0.2) is 0 Å². The summed E-state index contributed by atoms with van der Waals surface area (Å²) in [4.78, 5) is 2.87. The lowest BCUT2D eigenvalue weighted by Crippen LogP contribution is -2.56. The Kier molecular flexibility index (Phi) is 3.95. The molecule has 2 heteroatoms. The highest BCUT2D eigenvalue weighted by atomic mass is 15.2. The molecule has 3 atom stereocenters. The van der Waals surface area contributed by atoms with Crippen LogP contribution in [0.3, 0.4) is 0 Å². The number of hydrogen-bond donors (Lipinski definition) is 1. The predicted octanol–water partition coefficient (Wildman–Crippen LogP) is 3.17. The maximum Gasteiger partial charge on any atom is 0.0306 e. The molecule has 3 rings (SSSR count). The molecule has 0 aromatic heterocycles. The summed E-state index contributed by atoms with van der Waals surface area (Å²) < 4.78 is 0. The minimum absolute atomic E-state index is 0.458. The first-order chi connectivity index (χ1) is 8.83. The first-order valence-corrected chi connectivity index (χ1v) is 8.32. The zero-order valence-electron chi connectivity index (χ0n) is 12.1. The van der Waals surface area contributed by atoms with Crippen LogP contribution in [-0.2, 0) is 0 Å². The van der Waals surface area contributed by atoms with Crippen LogP contribution in [0.15, 0.2) is 0 Å². The lowest BCUT2D eigenvalue weighted by molar-refractivity contribution is 0.0379. The van der Waals surface area contributed by atoms with E-state index < -0.39 is 0 Å². The van der Waals surface area contributed by atoms with Crippen LogP contribution in [0.5, 0.6) is 0 Å². The van der Waals surface area contributed by atoms with Gasteiger partial charge in [-0.15, -0.1) is 0 Å². The average Bonchev–Trinajstić information content (AvgIpc) is 2.88. The largest absolute Gasteiger partial charge is 0.310 e. The Bertz CT molecular complexity index is 268. The fourth-order valence-electron chi connectivity index (χ4n) is 4.73. The van der Waals surface area contributed by atoms with Crippen molar-refractivity contribution < 1.29 is 0 Å². The molecular formula is C16H30N2. The molecule has 2 saturated heterocycles. The molecule has 0 aromatic carbocycles. The van der Waals surface area contributed by atoms with Gasteiger partial charge < -0.3 is 5.32 Å². The van der Waals surface area contributed by atoms with Crippen LogP contribution in [0.25, 0.3) is 0 Å². The van der Waals surface area contributed by atoms with Gasteiger partial charge >= 0.3 is 0 Å². The summed E-state index contributed by atoms with van der Waals surface area (Å²) in [7, 11) is 0. The van der Waals surface area contributed by atoms with Crippen molar-refractivity contribution in [2.75, 3.05) is 19.6 Å². The van der Waals surface area contributed by atoms with Crippen LogP contribution in [0, 0.1) is 5.92 Å². The van der Waals surface area contributed by atoms with Crippen LogP contribution < -0.4 is 5.32 Å². The lowest BCUT2D eigenvalue weighted by Gasteiger charge is -2.47. The minimum Gasteiger partial charge on any atom is -0.310 e. The molecular weight excluding hydrogens is 220 g/mol. The summed E-state index contributed by atoms with van der Waals surface area (Å²) in [6.07, 6.45) is 13.0. The maximum absolute atomic E-state index is 3.82. The average molecular weight is 250 g/mol. The summed E-state index contributed by atoms with van der Waals surface area (Å²) >= 11 is 0. The zero-order valence-corrected chi connectivity index (χ0v) is 12.1. The Morgan fingerprint density at radius 3 is 2.72 bits per heavy atom. The van der Waals surface area contributed by atoms with E-state index in [0.29, 0.717) is 5.54 Å². The van der Waals surface area contributed by atoms with Gasteiger partial charge in [-0.2, -0.15) is 0 Å². The van der Waals surface area contributed by atoms with E-state index in [9.17, 15) is 0 Å². The van der Waals surface area contributed by atoms with Gasteiger partial charge in [0.05, 0.1) is 0 Å². The normalized spacial score (nSPS) is 41.8. The van der Waals surface area contributed by atoms with Crippen molar-refractivity contribution in [1.82, 2.24) is 10.2 Å². The SMILES string of the molecule is CCC1(CN2CCCC3CCCCC32)CCCN1. The lowest BCUT2D eigenvalue weighted by atomic mass is 9.77. The van der Waals surface area contributed by atoms with E-state index in [-0.39, 0.29) is 0 Å². The highest BCUT2D eigenvalue weighted by Crippen LogP contribution is 2.37. The quantitative estimate of drug-likeness (QED) is 0.827. The molecule has 2 aliphatic heterocycles. The fourth-order valence-corrected chi connectivity index (χ4v) is 4.73. The van der Waals surface area contributed by atoms with Gasteiger partial charge in [0.25, 0.3) is 0 Å². The second-order valence-electron chi connectivity index (χ2n) is 6.89. The predicted molar refractivity (Wildman–Crippen MR) is 76.8 cm³/mol. The first-order valence-electron chi connectivity index (χ1n) is 8.32. The smallest absolute Gasteiger partial charge is 0.0306 e. The molecule has 18 heavy (non-hydrogen) atoms. The van der Waals surface area contributed by atoms with Crippen LogP contribution in [0.4, 0.5) is 0 Å². The topological polar surface area (TPSA) is 15.3 Å². The summed E-state index contributed by atoms with van der Waals surface area (Å²) in [5.41, 5.74) is 0.458. The summed E-state index contributed by atoms with van der Waals surface area (Å²) in [5.74, 6) is 1.03. The van der Waals surface area contributed by atoms with Crippen molar-refractivity contribution in [2.24, 2.45) is 5.92 Å². The van der Waals surface area contributed by atoms with E-state index in [1.54, 1.807) is 0 Å². The molecule has 1 N–H and O–H groups in total. The van der Waals surface area contributed by atoms with E-state index >= 15 is 0 Å². The van der Waals surface area contributed by atoms with Gasteiger partial charge in [0, 0.05) is 18.1 Å². The van der Waals surface area contributed by atoms with E-state index in [1.807, 2.05) is 0 Å². The molecule has 0 radical (unpaired) electrons. The third-order valence-electron chi connectivity index (χ3n) is 5.87. The molecule has 1 saturated carbocycles. The van der Waals surface area contributed by atoms with Gasteiger partial charge in [-0.3, -0.25) is 4.90 Å². The van der Waals surface area contributed by atoms with Crippen LogP contribution in [-0.4, -0.2) is 36.1 Å². The van der Waals surface area contributed by atoms with E-state index in [1.165, 1.54) is 77.4 Å². The zero-order chi connectivity index (χ0) is 12.4. The molecule has 2 nitrogen and oxygen atoms in total. The number of piperidine rings is 1. The number of likely N-dealkylation sites (tertiary alicyclic amines) is 1. The van der Waals surface area contributed by atoms with Gasteiger partial charge in [-0.05, 0) is 64.0 Å². The number of nitrogens with one attached hydrogen (secondary N) is 1. The van der Waals surface area contributed by atoms with Crippen molar-refractivity contribution in [3.05, 3.63) is 0 Å². The Morgan fingerprint density at radius 2 is 1.94 bits per heavy atom. The molecule has 0 bridgehead atoms. The minimum atomic E-state index is 0.458. The summed E-state index contributed by atoms with van der Waals surface area (Å²) in [6.45, 7) is 6.31. The van der Waals surface area contributed by atoms with Gasteiger partial charge in [0.1, 0.15) is 0 Å². The number of rotatable bonds is 3. The van der Waals surface area contributed by atoms with Crippen molar-refractivity contribution in [3.63, 3.8) is 0 Å². The number of fused-ring (bicyclic) bond motifs is 1. The Hall–Kier alpha value is -0.0800. The number of hydrogen-bond acceptors (Lipinski definition) is 2. The summed E-state index contributed by atoms with van der Waals surface area (Å²) in [5, 5.41) is 3.82. The van der Waals surface area contributed by atoms with Crippen LogP contribution >= 0.6 is 0 Å². The number of nitrogens with zero attached hydrogens (tertiary/aromatic N) is 1. The molecule has 2 heterocycles. The highest BCUT2D eigenvalue weighted by molar-refractivity contribution is 4.98. The van der Waals surface area contributed by atoms with Crippen LogP contribution in [0.2, 0.25) is 0 Å². The monoisotopic (exact) mass is 250 g/mol. The highest BCUT2D eigenvalue weighted by Gasteiger charge is 2.39. The molecule has 0 spiro atoms. The van der Waals surface area contributed by atoms with Crippen molar-refractivity contribution in [1.29, 1.82) is 0 Å². The molecule has 1 aliphatic carbocycles. The van der Waals surface area contributed by atoms with Gasteiger partial charge in [-0.25, -0.2) is 0 Å². The van der Waals surface area contributed by atoms with Gasteiger partial charge in [0.2, 0.25) is 0 Å². The standard InChI is InChI=1S/C16H30N2/c1-2-16(10-6-11-17-16)13-18-12-5-8-14-7-3-4-9-15(14)18/h14-15,17H,2-13H2,1H3. The second kappa shape index (κ2) is 5.50. The van der Waals surface area contributed by atoms with Crippen molar-refractivity contribution >= 4 is 0 Å². The van der Waals surface area contributed by atoms with E-state index in [2.05, 4.69) is 17.1 Å². The van der Waals surface area contributed by atoms with Gasteiger partial charge in [-0.1, -0.05) is 19.8 Å². The fraction of sp³-hybridized carbons (Fsp3) is 1.00. The van der Waals surface area contributed by atoms with E-state index in [4.69, 9.17) is 0 Å². The Balaban J connectivity index is 1.66. The second-order valence-corrected chi connectivity index (χ2v) is 6.89. The van der Waals surface area contributed by atoms with Crippen molar-refractivity contribution in [3.8, 4) is 0 Å². The summed E-state index contributed by atoms with van der Waals surface area (Å²) in [6, 6.07) is 0.929. The first kappa shape index (κ1) is 12.9. The maximum atomic E-state index is 3.82.